The zero-order chi connectivity index (χ0) is 28.3. The van der Waals surface area contributed by atoms with Gasteiger partial charge in [0.1, 0.15) is 29.5 Å². The molecule has 0 bridgehead atoms. The van der Waals surface area contributed by atoms with E-state index in [1.807, 2.05) is 18.2 Å². The number of rotatable bonds is 11. The number of fused-ring (bicyclic) bond motifs is 1. The average molecular weight is 545 g/mol. The molecule has 5 rings (SSSR count). The van der Waals surface area contributed by atoms with Gasteiger partial charge >= 0.3 is 0 Å². The number of anilines is 1. The Morgan fingerprint density at radius 2 is 1.57 bits per heavy atom. The molecule has 0 atom stereocenters. The van der Waals surface area contributed by atoms with Gasteiger partial charge in [0.25, 0.3) is 0 Å². The molecule has 0 spiro atoms. The van der Waals surface area contributed by atoms with E-state index in [2.05, 4.69) is 4.98 Å². The summed E-state index contributed by atoms with van der Waals surface area (Å²) in [5.74, 6) is 1.42. The van der Waals surface area contributed by atoms with Gasteiger partial charge in [-0.2, -0.15) is 0 Å². The van der Waals surface area contributed by atoms with Gasteiger partial charge in [-0.3, -0.25) is 19.5 Å². The molecule has 4 aromatic rings. The Balaban J connectivity index is 1.30. The first-order chi connectivity index (χ1) is 19.4. The van der Waals surface area contributed by atoms with Gasteiger partial charge in [0.15, 0.2) is 17.3 Å². The number of hydrogen-bond acceptors (Lipinski definition) is 7. The number of methoxy groups -OCH3 is 3. The molecular formula is C31H29FN2O6. The van der Waals surface area contributed by atoms with Crippen molar-refractivity contribution in [2.24, 2.45) is 5.41 Å². The summed E-state index contributed by atoms with van der Waals surface area (Å²) in [6.07, 6.45) is 2.69. The molecule has 0 aliphatic heterocycles. The molecule has 3 aromatic carbocycles. The number of benzene rings is 3. The average Bonchev–Trinajstić information content (AvgIpc) is 3.79. The normalized spacial score (nSPS) is 13.5. The summed E-state index contributed by atoms with van der Waals surface area (Å²) < 4.78 is 35.6. The third kappa shape index (κ3) is 5.33. The Labute approximate surface area is 231 Å². The summed E-state index contributed by atoms with van der Waals surface area (Å²) in [6.45, 7) is -0.0339. The molecule has 1 aromatic heterocycles. The van der Waals surface area contributed by atoms with Gasteiger partial charge in [0, 0.05) is 36.9 Å². The van der Waals surface area contributed by atoms with Crippen LogP contribution in [0.4, 0.5) is 10.1 Å². The van der Waals surface area contributed by atoms with Gasteiger partial charge in [-0.1, -0.05) is 12.1 Å². The molecule has 1 aliphatic rings. The van der Waals surface area contributed by atoms with E-state index in [9.17, 15) is 14.0 Å². The van der Waals surface area contributed by atoms with Crippen LogP contribution in [0.25, 0.3) is 10.9 Å². The van der Waals surface area contributed by atoms with Crippen LogP contribution in [0.15, 0.2) is 72.9 Å². The minimum Gasteiger partial charge on any atom is -0.493 e. The topological polar surface area (TPSA) is 87.2 Å². The molecule has 0 saturated heterocycles. The van der Waals surface area contributed by atoms with E-state index in [1.54, 1.807) is 44.7 Å². The lowest BCUT2D eigenvalue weighted by Gasteiger charge is -2.26. The van der Waals surface area contributed by atoms with Crippen molar-refractivity contribution in [2.45, 2.75) is 19.3 Å². The lowest BCUT2D eigenvalue weighted by atomic mass is 9.93. The fourth-order valence-electron chi connectivity index (χ4n) is 4.69. The van der Waals surface area contributed by atoms with E-state index < -0.39 is 11.2 Å². The van der Waals surface area contributed by atoms with Crippen molar-refractivity contribution in [2.75, 3.05) is 33.0 Å². The lowest BCUT2D eigenvalue weighted by Crippen LogP contribution is -2.42. The van der Waals surface area contributed by atoms with E-state index in [1.165, 1.54) is 36.3 Å². The predicted molar refractivity (Wildman–Crippen MR) is 148 cm³/mol. The molecule has 206 valence electrons. The highest BCUT2D eigenvalue weighted by molar-refractivity contribution is 6.15. The van der Waals surface area contributed by atoms with Gasteiger partial charge in [-0.05, 0) is 66.9 Å². The Morgan fingerprint density at radius 1 is 0.900 bits per heavy atom. The Kier molecular flexibility index (Phi) is 7.66. The third-order valence-electron chi connectivity index (χ3n) is 7.06. The second-order valence-electron chi connectivity index (χ2n) is 9.59. The van der Waals surface area contributed by atoms with Gasteiger partial charge in [-0.25, -0.2) is 4.39 Å². The third-order valence-corrected chi connectivity index (χ3v) is 7.06. The minimum absolute atomic E-state index is 0.0339. The fraction of sp³-hybridized carbons (Fsp3) is 0.258. The smallest absolute Gasteiger partial charge is 0.242 e. The first-order valence-corrected chi connectivity index (χ1v) is 12.8. The van der Waals surface area contributed by atoms with Crippen LogP contribution >= 0.6 is 0 Å². The molecule has 0 radical (unpaired) electrons. The van der Waals surface area contributed by atoms with E-state index in [-0.39, 0.29) is 24.8 Å². The van der Waals surface area contributed by atoms with Crippen molar-refractivity contribution in [1.82, 2.24) is 4.98 Å². The number of hydrogen-bond donors (Lipinski definition) is 0. The van der Waals surface area contributed by atoms with Crippen molar-refractivity contribution in [3.8, 4) is 23.0 Å². The molecule has 1 aliphatic carbocycles. The lowest BCUT2D eigenvalue weighted by molar-refractivity contribution is -0.134. The van der Waals surface area contributed by atoms with Gasteiger partial charge in [0.2, 0.25) is 5.91 Å². The summed E-state index contributed by atoms with van der Waals surface area (Å²) in [7, 11) is 4.60. The van der Waals surface area contributed by atoms with Crippen LogP contribution in [-0.4, -0.2) is 44.7 Å². The number of Topliss-reactive ketones (excluding diaryl/α,β-unsaturated/α-hetero) is 1. The number of halogens is 1. The molecule has 1 heterocycles. The van der Waals surface area contributed by atoms with Crippen molar-refractivity contribution >= 4 is 28.3 Å². The Morgan fingerprint density at radius 3 is 2.20 bits per heavy atom. The highest BCUT2D eigenvalue weighted by Crippen LogP contribution is 2.49. The van der Waals surface area contributed by atoms with Crippen LogP contribution in [0.1, 0.15) is 18.4 Å². The Hall–Kier alpha value is -4.50. The summed E-state index contributed by atoms with van der Waals surface area (Å²) in [5.41, 5.74) is 0.842. The van der Waals surface area contributed by atoms with Crippen LogP contribution < -0.4 is 19.1 Å². The molecule has 8 nitrogen and oxygen atoms in total. The van der Waals surface area contributed by atoms with Crippen LogP contribution in [0.3, 0.4) is 0 Å². The molecule has 9 heteroatoms. The van der Waals surface area contributed by atoms with Crippen molar-refractivity contribution in [3.63, 3.8) is 0 Å². The van der Waals surface area contributed by atoms with E-state index in [4.69, 9.17) is 18.9 Å². The standard InChI is InChI=1S/C31H29FN2O6/c1-37-19-34(22-8-6-21(32)7-9-22)30(36)31(13-14-31)29(35)16-20-4-10-23(11-5-20)40-26-12-15-33-25-18-28(39-3)27(38-2)17-24(25)26/h4-12,15,17-18H,13-14,16,19H2,1-3H3. The van der Waals surface area contributed by atoms with Crippen molar-refractivity contribution in [1.29, 1.82) is 0 Å². The van der Waals surface area contributed by atoms with Gasteiger partial charge in [-0.15, -0.1) is 0 Å². The van der Waals surface area contributed by atoms with E-state index in [0.29, 0.717) is 47.0 Å². The van der Waals surface area contributed by atoms with Crippen LogP contribution in [0, 0.1) is 11.2 Å². The number of aromatic nitrogens is 1. The zero-order valence-electron chi connectivity index (χ0n) is 22.5. The minimum atomic E-state index is -1.10. The van der Waals surface area contributed by atoms with E-state index in [0.717, 1.165) is 10.9 Å². The maximum atomic E-state index is 13.5. The first kappa shape index (κ1) is 27.1. The number of pyridine rings is 1. The largest absolute Gasteiger partial charge is 0.493 e. The molecule has 1 fully saturated rings. The van der Waals surface area contributed by atoms with E-state index >= 15 is 0 Å². The number of ketones is 1. The van der Waals surface area contributed by atoms with Crippen LogP contribution in [-0.2, 0) is 20.7 Å². The summed E-state index contributed by atoms with van der Waals surface area (Å²) in [6, 6.07) is 18.1. The number of nitrogens with zero attached hydrogens (tertiary/aromatic N) is 2. The number of ether oxygens (including phenoxy) is 4. The maximum absolute atomic E-state index is 13.5. The highest BCUT2D eigenvalue weighted by atomic mass is 19.1. The first-order valence-electron chi connectivity index (χ1n) is 12.8. The van der Waals surface area contributed by atoms with Gasteiger partial charge in [0.05, 0.1) is 19.7 Å². The van der Waals surface area contributed by atoms with Gasteiger partial charge < -0.3 is 18.9 Å². The summed E-state index contributed by atoms with van der Waals surface area (Å²) >= 11 is 0. The second kappa shape index (κ2) is 11.3. The molecular weight excluding hydrogens is 515 g/mol. The molecule has 0 N–H and O–H groups in total. The molecule has 1 saturated carbocycles. The zero-order valence-corrected chi connectivity index (χ0v) is 22.5. The number of amides is 1. The highest BCUT2D eigenvalue weighted by Gasteiger charge is 2.57. The summed E-state index contributed by atoms with van der Waals surface area (Å²) in [4.78, 5) is 32.6. The summed E-state index contributed by atoms with van der Waals surface area (Å²) in [5, 5.41) is 0.760. The predicted octanol–water partition coefficient (Wildman–Crippen LogP) is 5.71. The monoisotopic (exact) mass is 544 g/mol. The van der Waals surface area contributed by atoms with Crippen LogP contribution in [0.2, 0.25) is 0 Å². The maximum Gasteiger partial charge on any atom is 0.242 e. The number of carbonyl (C=O) groups is 2. The SMILES string of the molecule is COCN(C(=O)C1(C(=O)Cc2ccc(Oc3ccnc4cc(OC)c(OC)cc34)cc2)CC1)c1ccc(F)cc1. The quantitative estimate of drug-likeness (QED) is 0.177. The van der Waals surface area contributed by atoms with Crippen LogP contribution in [0.5, 0.6) is 23.0 Å². The molecule has 40 heavy (non-hydrogen) atoms. The fourth-order valence-corrected chi connectivity index (χ4v) is 4.69. The van der Waals surface area contributed by atoms with Crippen molar-refractivity contribution < 1.29 is 32.9 Å². The molecule has 1 amide bonds. The van der Waals surface area contributed by atoms with Crippen molar-refractivity contribution in [3.05, 3.63) is 84.3 Å². The Bertz CT molecular complexity index is 1530. The second-order valence-corrected chi connectivity index (χ2v) is 9.59. The number of carbonyl (C=O) groups excluding carboxylic acids is 2. The molecule has 0 unspecified atom stereocenters.